The van der Waals surface area contributed by atoms with Crippen molar-refractivity contribution in [2.75, 3.05) is 92.5 Å². The maximum atomic E-state index is 14.1. The fraction of sp³-hybridized carbons (Fsp3) is 0.323. The van der Waals surface area contributed by atoms with Crippen molar-refractivity contribution in [2.24, 2.45) is 11.8 Å². The van der Waals surface area contributed by atoms with Gasteiger partial charge in [-0.15, -0.1) is 0 Å². The Bertz CT molecular complexity index is 2560. The van der Waals surface area contributed by atoms with E-state index in [1.54, 1.807) is 38.1 Å². The number of benzene rings is 6. The lowest BCUT2D eigenvalue weighted by molar-refractivity contribution is -0.141. The molecule has 0 fully saturated rings. The van der Waals surface area contributed by atoms with Gasteiger partial charge < -0.3 is 56.8 Å². The zero-order valence-corrected chi connectivity index (χ0v) is 42.9. The largest absolute Gasteiger partial charge is 0.491 e. The first-order valence-electron chi connectivity index (χ1n) is 25.7. The third-order valence-electron chi connectivity index (χ3n) is 13.4. The van der Waals surface area contributed by atoms with E-state index in [1.807, 2.05) is 146 Å². The Labute approximate surface area is 443 Å². The molecule has 0 spiro atoms. The lowest BCUT2D eigenvalue weighted by Gasteiger charge is -2.36. The molecular formula is C62H64O14. The number of carbonyl (C=O) groups is 2. The number of hydrogen-bond donors (Lipinski definition) is 0. The van der Waals surface area contributed by atoms with Crippen LogP contribution in [0.2, 0.25) is 0 Å². The molecule has 0 aromatic heterocycles. The maximum absolute atomic E-state index is 14.1. The Balaban J connectivity index is 0.879. The van der Waals surface area contributed by atoms with Crippen LogP contribution in [0.5, 0.6) is 23.0 Å². The first kappa shape index (κ1) is 53.2. The smallest absolute Gasteiger partial charge is 0.338 e. The normalized spacial score (nSPS) is 20.6. The molecule has 6 heterocycles. The van der Waals surface area contributed by atoms with Crippen molar-refractivity contribution >= 4 is 11.9 Å². The van der Waals surface area contributed by atoms with Crippen molar-refractivity contribution in [3.63, 3.8) is 0 Å². The number of ether oxygens (including phenoxy) is 12. The van der Waals surface area contributed by atoms with Crippen LogP contribution in [0.15, 0.2) is 193 Å². The Morgan fingerprint density at radius 1 is 0.316 bits per heavy atom. The topological polar surface area (TPSA) is 145 Å². The van der Waals surface area contributed by atoms with Crippen LogP contribution < -0.4 is 18.9 Å². The molecule has 76 heavy (non-hydrogen) atoms. The van der Waals surface area contributed by atoms with Gasteiger partial charge in [-0.25, -0.2) is 9.59 Å². The van der Waals surface area contributed by atoms with E-state index in [0.29, 0.717) is 85.3 Å². The lowest BCUT2D eigenvalue weighted by atomic mass is 9.74. The highest BCUT2D eigenvalue weighted by Gasteiger charge is 2.55. The van der Waals surface area contributed by atoms with Gasteiger partial charge in [0.1, 0.15) is 74.2 Å². The van der Waals surface area contributed by atoms with E-state index in [1.165, 1.54) is 0 Å². The van der Waals surface area contributed by atoms with Gasteiger partial charge in [0.2, 0.25) is 0 Å². The van der Waals surface area contributed by atoms with Crippen LogP contribution in [0.3, 0.4) is 0 Å². The molecule has 4 bridgehead atoms. The average molecular weight is 1030 g/mol. The SMILES string of the molecule is CC1=C2C(=O)OCCOc3ccc(cc3)OCCOC(=O)C3=C(C)OC(c4ccccc4)(c4ccccc4)C3COCCOCCOc3ccc(cc3)OCCOCCOCC2C(c2ccccc2)(c2ccccc2)O1. The molecule has 0 radical (unpaired) electrons. The Morgan fingerprint density at radius 3 is 0.868 bits per heavy atom. The monoisotopic (exact) mass is 1030 g/mol. The van der Waals surface area contributed by atoms with Crippen molar-refractivity contribution in [2.45, 2.75) is 25.0 Å². The van der Waals surface area contributed by atoms with E-state index in [9.17, 15) is 9.59 Å². The number of rotatable bonds is 4. The van der Waals surface area contributed by atoms with E-state index in [4.69, 9.17) is 56.8 Å². The van der Waals surface area contributed by atoms with Crippen molar-refractivity contribution in [1.82, 2.24) is 0 Å². The van der Waals surface area contributed by atoms with Gasteiger partial charge >= 0.3 is 11.9 Å². The molecule has 396 valence electrons. The number of carbonyl (C=O) groups excluding carboxylic acids is 2. The molecule has 0 amide bonds. The van der Waals surface area contributed by atoms with E-state index < -0.39 is 35.0 Å². The molecule has 6 aliphatic rings. The second kappa shape index (κ2) is 26.2. The first-order valence-corrected chi connectivity index (χ1v) is 25.7. The third kappa shape index (κ3) is 12.5. The van der Waals surface area contributed by atoms with Crippen LogP contribution >= 0.6 is 0 Å². The molecule has 2 atom stereocenters. The van der Waals surface area contributed by atoms with Gasteiger partial charge in [-0.2, -0.15) is 0 Å². The lowest BCUT2D eigenvalue weighted by Crippen LogP contribution is -2.39. The quantitative estimate of drug-likeness (QED) is 0.155. The second-order valence-electron chi connectivity index (χ2n) is 18.2. The van der Waals surface area contributed by atoms with Crippen molar-refractivity contribution in [3.8, 4) is 23.0 Å². The highest BCUT2D eigenvalue weighted by molar-refractivity contribution is 5.91. The third-order valence-corrected chi connectivity index (χ3v) is 13.4. The fourth-order valence-corrected chi connectivity index (χ4v) is 10.0. The summed E-state index contributed by atoms with van der Waals surface area (Å²) in [7, 11) is 0. The van der Waals surface area contributed by atoms with Crippen LogP contribution in [0.4, 0.5) is 0 Å². The molecule has 14 nitrogen and oxygen atoms in total. The standard InChI is InChI=1S/C62H64O14/c1-45-57-55(61(75-45,47-15-7-3-8-16-47)48-17-9-4-10-18-48)43-67-33-31-65-35-37-69-51-23-25-52(26-24-51)70-38-36-66-32-34-68-44-56-58(46(2)76-62(56,49-19-11-5-12-20-49)50-21-13-6-14-22-50)60(64)74-42-40-72-54-29-27-53(28-30-54)71-39-41-73-59(57)63/h3-30,55-56H,31-44H2,1-2H3. The summed E-state index contributed by atoms with van der Waals surface area (Å²) < 4.78 is 73.7. The van der Waals surface area contributed by atoms with E-state index >= 15 is 0 Å². The van der Waals surface area contributed by atoms with Gasteiger partial charge in [-0.1, -0.05) is 121 Å². The van der Waals surface area contributed by atoms with Crippen LogP contribution in [0, 0.1) is 11.8 Å². The predicted molar refractivity (Wildman–Crippen MR) is 282 cm³/mol. The molecule has 2 unspecified atom stereocenters. The summed E-state index contributed by atoms with van der Waals surface area (Å²) in [5.41, 5.74) is 2.12. The van der Waals surface area contributed by atoms with E-state index in [-0.39, 0.29) is 52.9 Å². The van der Waals surface area contributed by atoms with Crippen molar-refractivity contribution in [1.29, 1.82) is 0 Å². The predicted octanol–water partition coefficient (Wildman–Crippen LogP) is 9.80. The molecule has 6 aromatic rings. The molecule has 6 aliphatic heterocycles. The second-order valence-corrected chi connectivity index (χ2v) is 18.2. The summed E-state index contributed by atoms with van der Waals surface area (Å²) in [6.45, 7) is 6.48. The summed E-state index contributed by atoms with van der Waals surface area (Å²) in [5, 5.41) is 0. The summed E-state index contributed by atoms with van der Waals surface area (Å²) in [6, 6.07) is 53.8. The molecular weight excluding hydrogens is 969 g/mol. The summed E-state index contributed by atoms with van der Waals surface area (Å²) in [6.07, 6.45) is 0. The minimum atomic E-state index is -1.07. The Morgan fingerprint density at radius 2 is 0.566 bits per heavy atom. The van der Waals surface area contributed by atoms with Crippen molar-refractivity contribution < 1.29 is 66.4 Å². The van der Waals surface area contributed by atoms with Crippen LogP contribution in [-0.4, -0.2) is 104 Å². The number of hydrogen-bond acceptors (Lipinski definition) is 14. The zero-order chi connectivity index (χ0) is 52.4. The van der Waals surface area contributed by atoms with Gasteiger partial charge in [0, 0.05) is 22.3 Å². The van der Waals surface area contributed by atoms with Gasteiger partial charge in [0.05, 0.1) is 75.8 Å². The van der Waals surface area contributed by atoms with Crippen molar-refractivity contribution in [3.05, 3.63) is 215 Å². The van der Waals surface area contributed by atoms with Crippen LogP contribution in [-0.2, 0) is 58.7 Å². The minimum Gasteiger partial charge on any atom is -0.491 e. The van der Waals surface area contributed by atoms with Gasteiger partial charge in [-0.05, 0) is 62.4 Å². The maximum Gasteiger partial charge on any atom is 0.338 e. The Hall–Kier alpha value is -7.62. The molecule has 12 rings (SSSR count). The zero-order valence-electron chi connectivity index (χ0n) is 42.9. The highest BCUT2D eigenvalue weighted by Crippen LogP contribution is 2.53. The number of esters is 2. The van der Waals surface area contributed by atoms with Gasteiger partial charge in [0.15, 0.2) is 11.2 Å². The summed E-state index contributed by atoms with van der Waals surface area (Å²) >= 11 is 0. The summed E-state index contributed by atoms with van der Waals surface area (Å²) in [5.74, 6) is 1.16. The van der Waals surface area contributed by atoms with Crippen LogP contribution in [0.1, 0.15) is 36.1 Å². The highest BCUT2D eigenvalue weighted by atomic mass is 16.6. The molecule has 0 aliphatic carbocycles. The molecule has 0 saturated heterocycles. The molecule has 0 saturated carbocycles. The van der Waals surface area contributed by atoms with Gasteiger partial charge in [0.25, 0.3) is 0 Å². The number of allylic oxidation sites excluding steroid dienone is 2. The molecule has 14 heteroatoms. The van der Waals surface area contributed by atoms with Gasteiger partial charge in [-0.3, -0.25) is 0 Å². The Kier molecular flexibility index (Phi) is 18.4. The average Bonchev–Trinajstić information content (AvgIpc) is 4.00. The van der Waals surface area contributed by atoms with E-state index in [0.717, 1.165) is 22.3 Å². The molecule has 6 aromatic carbocycles. The summed E-state index contributed by atoms with van der Waals surface area (Å²) in [4.78, 5) is 28.3. The first-order chi connectivity index (χ1) is 37.4. The van der Waals surface area contributed by atoms with E-state index in [2.05, 4.69) is 0 Å². The minimum absolute atomic E-state index is 0.0233. The van der Waals surface area contributed by atoms with Crippen LogP contribution in [0.25, 0.3) is 0 Å². The molecule has 0 N–H and O–H groups in total. The fourth-order valence-electron chi connectivity index (χ4n) is 10.0.